The minimum atomic E-state index is 0.640. The number of methoxy groups -OCH3 is 1. The number of nitrogens with zero attached hydrogens (tertiary/aromatic N) is 1. The van der Waals surface area contributed by atoms with Crippen molar-refractivity contribution >= 4 is 11.6 Å². The van der Waals surface area contributed by atoms with Crippen LogP contribution in [0.1, 0.15) is 12.0 Å². The van der Waals surface area contributed by atoms with Crippen LogP contribution in [0.2, 0.25) is 0 Å². The second kappa shape index (κ2) is 11.1. The minimum absolute atomic E-state index is 0.640. The van der Waals surface area contributed by atoms with Crippen molar-refractivity contribution in [3.63, 3.8) is 0 Å². The Bertz CT molecular complexity index is 644. The maximum absolute atomic E-state index is 5.72. The van der Waals surface area contributed by atoms with Crippen molar-refractivity contribution in [3.05, 3.63) is 60.2 Å². The summed E-state index contributed by atoms with van der Waals surface area (Å²) >= 11 is 0. The smallest absolute Gasteiger partial charge is 0.195 e. The molecule has 2 aromatic rings. The molecule has 0 atom stereocenters. The number of guanidine groups is 1. The molecule has 0 unspecified atom stereocenters. The summed E-state index contributed by atoms with van der Waals surface area (Å²) in [7, 11) is 3.46. The molecule has 0 saturated carbocycles. The molecule has 134 valence electrons. The molecule has 2 aromatic carbocycles. The first-order valence-electron chi connectivity index (χ1n) is 8.55. The summed E-state index contributed by atoms with van der Waals surface area (Å²) in [4.78, 5) is 4.27. The van der Waals surface area contributed by atoms with Crippen LogP contribution in [0.5, 0.6) is 5.75 Å². The van der Waals surface area contributed by atoms with Crippen molar-refractivity contribution in [1.29, 1.82) is 0 Å². The van der Waals surface area contributed by atoms with Gasteiger partial charge in [-0.1, -0.05) is 36.4 Å². The van der Waals surface area contributed by atoms with E-state index >= 15 is 0 Å². The molecule has 2 rings (SSSR count). The van der Waals surface area contributed by atoms with Crippen molar-refractivity contribution in [2.75, 3.05) is 39.2 Å². The van der Waals surface area contributed by atoms with Gasteiger partial charge in [0.2, 0.25) is 0 Å². The van der Waals surface area contributed by atoms with Crippen molar-refractivity contribution in [2.24, 2.45) is 4.99 Å². The predicted octanol–water partition coefficient (Wildman–Crippen LogP) is 3.33. The standard InChI is InChI=1S/C20H27N3O2/c1-21-20(22-13-12-17-8-4-3-5-9-17)23-18-10-6-11-19(16-18)25-15-7-14-24-2/h3-6,8-11,16H,7,12-15H2,1-2H3,(H2,21,22,23). The Morgan fingerprint density at radius 1 is 1.04 bits per heavy atom. The fourth-order valence-corrected chi connectivity index (χ4v) is 2.34. The van der Waals surface area contributed by atoms with Crippen LogP contribution in [-0.4, -0.2) is 39.9 Å². The van der Waals surface area contributed by atoms with Gasteiger partial charge in [0.1, 0.15) is 5.75 Å². The van der Waals surface area contributed by atoms with E-state index in [2.05, 4.69) is 39.9 Å². The van der Waals surface area contributed by atoms with E-state index in [1.807, 2.05) is 30.3 Å². The van der Waals surface area contributed by atoms with Crippen LogP contribution in [0.25, 0.3) is 0 Å². The molecule has 2 N–H and O–H groups in total. The molecule has 0 aliphatic rings. The Morgan fingerprint density at radius 3 is 2.64 bits per heavy atom. The summed E-state index contributed by atoms with van der Waals surface area (Å²) in [6.45, 7) is 2.16. The Balaban J connectivity index is 1.80. The molecule has 5 nitrogen and oxygen atoms in total. The summed E-state index contributed by atoms with van der Waals surface area (Å²) in [5.74, 6) is 1.58. The number of anilines is 1. The molecule has 25 heavy (non-hydrogen) atoms. The van der Waals surface area contributed by atoms with E-state index in [1.165, 1.54) is 5.56 Å². The van der Waals surface area contributed by atoms with Gasteiger partial charge in [0.15, 0.2) is 5.96 Å². The average molecular weight is 341 g/mol. The lowest BCUT2D eigenvalue weighted by molar-refractivity contribution is 0.172. The van der Waals surface area contributed by atoms with Crippen molar-refractivity contribution < 1.29 is 9.47 Å². The predicted molar refractivity (Wildman–Crippen MR) is 104 cm³/mol. The number of rotatable bonds is 9. The Labute approximate surface area is 150 Å². The lowest BCUT2D eigenvalue weighted by Gasteiger charge is -2.13. The molecular weight excluding hydrogens is 314 g/mol. The van der Waals surface area contributed by atoms with Crippen LogP contribution in [0.15, 0.2) is 59.6 Å². The van der Waals surface area contributed by atoms with Gasteiger partial charge in [0.05, 0.1) is 6.61 Å². The maximum atomic E-state index is 5.72. The molecule has 5 heteroatoms. The molecule has 0 bridgehead atoms. The molecule has 0 saturated heterocycles. The zero-order valence-electron chi connectivity index (χ0n) is 15.0. The highest BCUT2D eigenvalue weighted by atomic mass is 16.5. The van der Waals surface area contributed by atoms with E-state index in [0.717, 1.165) is 36.8 Å². The van der Waals surface area contributed by atoms with E-state index in [-0.39, 0.29) is 0 Å². The van der Waals surface area contributed by atoms with Crippen molar-refractivity contribution in [2.45, 2.75) is 12.8 Å². The summed E-state index contributed by atoms with van der Waals surface area (Å²) in [6, 6.07) is 18.3. The van der Waals surface area contributed by atoms with E-state index in [9.17, 15) is 0 Å². The monoisotopic (exact) mass is 341 g/mol. The highest BCUT2D eigenvalue weighted by Gasteiger charge is 2.01. The van der Waals surface area contributed by atoms with E-state index < -0.39 is 0 Å². The van der Waals surface area contributed by atoms with Gasteiger partial charge >= 0.3 is 0 Å². The Kier molecular flexibility index (Phi) is 8.35. The molecule has 0 radical (unpaired) electrons. The first kappa shape index (κ1) is 18.8. The van der Waals surface area contributed by atoms with E-state index in [4.69, 9.17) is 9.47 Å². The van der Waals surface area contributed by atoms with Crippen molar-refractivity contribution in [3.8, 4) is 5.75 Å². The van der Waals surface area contributed by atoms with Gasteiger partial charge in [0, 0.05) is 45.5 Å². The second-order valence-electron chi connectivity index (χ2n) is 5.58. The van der Waals surface area contributed by atoms with E-state index in [0.29, 0.717) is 13.2 Å². The Morgan fingerprint density at radius 2 is 1.88 bits per heavy atom. The Hall–Kier alpha value is -2.53. The van der Waals surface area contributed by atoms with Crippen LogP contribution in [0, 0.1) is 0 Å². The van der Waals surface area contributed by atoms with Crippen molar-refractivity contribution in [1.82, 2.24) is 5.32 Å². The van der Waals surface area contributed by atoms with Crippen LogP contribution in [0.3, 0.4) is 0 Å². The number of nitrogens with one attached hydrogen (secondary N) is 2. The first-order valence-corrected chi connectivity index (χ1v) is 8.55. The second-order valence-corrected chi connectivity index (χ2v) is 5.58. The lowest BCUT2D eigenvalue weighted by atomic mass is 10.1. The highest BCUT2D eigenvalue weighted by molar-refractivity contribution is 5.93. The van der Waals surface area contributed by atoms with Crippen LogP contribution in [-0.2, 0) is 11.2 Å². The molecule has 0 spiro atoms. The summed E-state index contributed by atoms with van der Waals surface area (Å²) in [5.41, 5.74) is 2.24. The molecule has 0 heterocycles. The molecule has 0 aromatic heterocycles. The molecule has 0 aliphatic heterocycles. The zero-order valence-corrected chi connectivity index (χ0v) is 15.0. The van der Waals surface area contributed by atoms with Crippen LogP contribution >= 0.6 is 0 Å². The summed E-state index contributed by atoms with van der Waals surface area (Å²) in [5, 5.41) is 6.62. The molecule has 0 aliphatic carbocycles. The van der Waals surface area contributed by atoms with E-state index in [1.54, 1.807) is 14.2 Å². The summed E-state index contributed by atoms with van der Waals surface area (Å²) in [6.07, 6.45) is 1.82. The SMILES string of the molecule is CN=C(NCCc1ccccc1)Nc1cccc(OCCCOC)c1. The average Bonchev–Trinajstić information content (AvgIpc) is 2.66. The lowest BCUT2D eigenvalue weighted by Crippen LogP contribution is -2.32. The van der Waals surface area contributed by atoms with Gasteiger partial charge in [-0.05, 0) is 24.1 Å². The molecule has 0 amide bonds. The van der Waals surface area contributed by atoms with Gasteiger partial charge in [0.25, 0.3) is 0 Å². The molecular formula is C20H27N3O2. The number of hydrogen-bond donors (Lipinski definition) is 2. The van der Waals surface area contributed by atoms with Gasteiger partial charge < -0.3 is 20.1 Å². The fourth-order valence-electron chi connectivity index (χ4n) is 2.34. The zero-order chi connectivity index (χ0) is 17.7. The maximum Gasteiger partial charge on any atom is 0.195 e. The highest BCUT2D eigenvalue weighted by Crippen LogP contribution is 2.17. The third kappa shape index (κ3) is 7.27. The first-order chi connectivity index (χ1) is 12.3. The minimum Gasteiger partial charge on any atom is -0.493 e. The molecule has 0 fully saturated rings. The largest absolute Gasteiger partial charge is 0.493 e. The fraction of sp³-hybridized carbons (Fsp3) is 0.350. The number of ether oxygens (including phenoxy) is 2. The van der Waals surface area contributed by atoms with Gasteiger partial charge in [-0.3, -0.25) is 4.99 Å². The van der Waals surface area contributed by atoms with Gasteiger partial charge in [-0.2, -0.15) is 0 Å². The number of aliphatic imine (C=N–C) groups is 1. The number of hydrogen-bond acceptors (Lipinski definition) is 3. The topological polar surface area (TPSA) is 54.9 Å². The van der Waals surface area contributed by atoms with Gasteiger partial charge in [-0.15, -0.1) is 0 Å². The quantitative estimate of drug-likeness (QED) is 0.417. The number of benzene rings is 2. The van der Waals surface area contributed by atoms with Crippen LogP contribution in [0.4, 0.5) is 5.69 Å². The summed E-state index contributed by atoms with van der Waals surface area (Å²) < 4.78 is 10.7. The third-order valence-corrected chi connectivity index (χ3v) is 3.63. The van der Waals surface area contributed by atoms with Crippen LogP contribution < -0.4 is 15.4 Å². The van der Waals surface area contributed by atoms with Gasteiger partial charge in [-0.25, -0.2) is 0 Å². The normalized spacial score (nSPS) is 11.2. The third-order valence-electron chi connectivity index (χ3n) is 3.63.